The molecule has 0 saturated carbocycles. The quantitative estimate of drug-likeness (QED) is 0.262. The van der Waals surface area contributed by atoms with Gasteiger partial charge in [0.25, 0.3) is 0 Å². The number of halogens is 2. The SMILES string of the molecule is COc1ccc(CCNC(=NCc2cccc(F)c2)NCc2nnc(C)n2C)cc1.I. The van der Waals surface area contributed by atoms with Gasteiger partial charge in [0.15, 0.2) is 11.8 Å². The third kappa shape index (κ3) is 7.50. The smallest absolute Gasteiger partial charge is 0.191 e. The number of methoxy groups -OCH3 is 1. The fourth-order valence-electron chi connectivity index (χ4n) is 2.87. The molecule has 1 aromatic heterocycles. The van der Waals surface area contributed by atoms with E-state index in [4.69, 9.17) is 4.74 Å². The van der Waals surface area contributed by atoms with Crippen molar-refractivity contribution in [2.75, 3.05) is 13.7 Å². The number of benzene rings is 2. The number of hydrogen-bond donors (Lipinski definition) is 2. The van der Waals surface area contributed by atoms with Crippen molar-refractivity contribution < 1.29 is 9.13 Å². The zero-order valence-electron chi connectivity index (χ0n) is 17.9. The molecule has 0 atom stereocenters. The Labute approximate surface area is 199 Å². The molecule has 0 fully saturated rings. The molecule has 0 saturated heterocycles. The lowest BCUT2D eigenvalue weighted by Gasteiger charge is -2.13. The number of hydrogen-bond acceptors (Lipinski definition) is 4. The molecule has 31 heavy (non-hydrogen) atoms. The van der Waals surface area contributed by atoms with Crippen molar-refractivity contribution in [1.29, 1.82) is 0 Å². The van der Waals surface area contributed by atoms with E-state index in [1.165, 1.54) is 17.7 Å². The van der Waals surface area contributed by atoms with Gasteiger partial charge >= 0.3 is 0 Å². The fourth-order valence-corrected chi connectivity index (χ4v) is 2.87. The van der Waals surface area contributed by atoms with Crippen molar-refractivity contribution in [2.24, 2.45) is 12.0 Å². The van der Waals surface area contributed by atoms with Crippen molar-refractivity contribution in [1.82, 2.24) is 25.4 Å². The summed E-state index contributed by atoms with van der Waals surface area (Å²) in [5.74, 6) is 2.86. The van der Waals surface area contributed by atoms with E-state index in [1.807, 2.05) is 48.9 Å². The molecule has 9 heteroatoms. The Kier molecular flexibility index (Phi) is 9.70. The summed E-state index contributed by atoms with van der Waals surface area (Å²) in [4.78, 5) is 4.60. The molecular formula is C22H28FIN6O. The predicted molar refractivity (Wildman–Crippen MR) is 130 cm³/mol. The van der Waals surface area contributed by atoms with Crippen LogP contribution in [0.15, 0.2) is 53.5 Å². The standard InChI is InChI=1S/C22H27FN6O.HI/c1-16-27-28-21(29(16)2)15-26-22(25-14-18-5-4-6-19(23)13-18)24-12-11-17-7-9-20(30-3)10-8-17;/h4-10,13H,11-12,14-15H2,1-3H3,(H2,24,25,26);1H. The van der Waals surface area contributed by atoms with Crippen LogP contribution >= 0.6 is 24.0 Å². The molecular weight excluding hydrogens is 510 g/mol. The first-order chi connectivity index (χ1) is 14.5. The molecule has 0 radical (unpaired) electrons. The van der Waals surface area contributed by atoms with Gasteiger partial charge in [0.05, 0.1) is 20.2 Å². The van der Waals surface area contributed by atoms with E-state index in [-0.39, 0.29) is 29.8 Å². The van der Waals surface area contributed by atoms with Crippen LogP contribution in [-0.4, -0.2) is 34.4 Å². The van der Waals surface area contributed by atoms with Crippen LogP contribution in [0.3, 0.4) is 0 Å². The maximum Gasteiger partial charge on any atom is 0.191 e. The molecule has 7 nitrogen and oxygen atoms in total. The molecule has 0 spiro atoms. The Morgan fingerprint density at radius 3 is 2.52 bits per heavy atom. The molecule has 0 aliphatic heterocycles. The van der Waals surface area contributed by atoms with Gasteiger partial charge in [0.1, 0.15) is 17.4 Å². The maximum absolute atomic E-state index is 13.4. The van der Waals surface area contributed by atoms with Gasteiger partial charge in [0.2, 0.25) is 0 Å². The molecule has 0 aliphatic rings. The van der Waals surface area contributed by atoms with Crippen molar-refractivity contribution in [3.63, 3.8) is 0 Å². The van der Waals surface area contributed by atoms with Gasteiger partial charge in [-0.05, 0) is 48.7 Å². The largest absolute Gasteiger partial charge is 0.497 e. The highest BCUT2D eigenvalue weighted by Crippen LogP contribution is 2.11. The number of guanidine groups is 1. The van der Waals surface area contributed by atoms with Crippen LogP contribution in [0.25, 0.3) is 0 Å². The third-order valence-electron chi connectivity index (χ3n) is 4.77. The molecule has 2 N–H and O–H groups in total. The normalized spacial score (nSPS) is 11.0. The first-order valence-corrected chi connectivity index (χ1v) is 9.79. The highest BCUT2D eigenvalue weighted by atomic mass is 127. The number of aromatic nitrogens is 3. The monoisotopic (exact) mass is 538 g/mol. The van der Waals surface area contributed by atoms with Crippen LogP contribution in [0.1, 0.15) is 22.8 Å². The average molecular weight is 538 g/mol. The summed E-state index contributed by atoms with van der Waals surface area (Å²) in [5.41, 5.74) is 2.00. The van der Waals surface area contributed by atoms with Crippen molar-refractivity contribution in [2.45, 2.75) is 26.4 Å². The van der Waals surface area contributed by atoms with Crippen LogP contribution in [0.2, 0.25) is 0 Å². The topological polar surface area (TPSA) is 76.4 Å². The fraction of sp³-hybridized carbons (Fsp3) is 0.318. The second-order valence-corrected chi connectivity index (χ2v) is 6.90. The number of nitrogens with zero attached hydrogens (tertiary/aromatic N) is 4. The van der Waals surface area contributed by atoms with Gasteiger partial charge in [-0.15, -0.1) is 34.2 Å². The molecule has 2 aromatic carbocycles. The Morgan fingerprint density at radius 2 is 1.87 bits per heavy atom. The minimum atomic E-state index is -0.265. The Bertz CT molecular complexity index is 990. The summed E-state index contributed by atoms with van der Waals surface area (Å²) >= 11 is 0. The van der Waals surface area contributed by atoms with Crippen LogP contribution in [0.4, 0.5) is 4.39 Å². The van der Waals surface area contributed by atoms with Crippen LogP contribution in [0.5, 0.6) is 5.75 Å². The number of rotatable bonds is 8. The summed E-state index contributed by atoms with van der Waals surface area (Å²) in [5, 5.41) is 14.9. The molecule has 166 valence electrons. The first kappa shape index (κ1) is 24.6. The second kappa shape index (κ2) is 12.2. The molecule has 3 rings (SSSR count). The van der Waals surface area contributed by atoms with Gasteiger partial charge in [-0.25, -0.2) is 9.38 Å². The minimum Gasteiger partial charge on any atom is -0.497 e. The highest BCUT2D eigenvalue weighted by Gasteiger charge is 2.07. The van der Waals surface area contributed by atoms with E-state index >= 15 is 0 Å². The van der Waals surface area contributed by atoms with E-state index in [0.29, 0.717) is 25.6 Å². The van der Waals surface area contributed by atoms with E-state index in [0.717, 1.165) is 29.4 Å². The lowest BCUT2D eigenvalue weighted by molar-refractivity contribution is 0.414. The predicted octanol–water partition coefficient (Wildman–Crippen LogP) is 3.37. The minimum absolute atomic E-state index is 0. The van der Waals surface area contributed by atoms with Gasteiger partial charge < -0.3 is 19.9 Å². The van der Waals surface area contributed by atoms with E-state index < -0.39 is 0 Å². The third-order valence-corrected chi connectivity index (χ3v) is 4.77. The van der Waals surface area contributed by atoms with Gasteiger partial charge in [-0.2, -0.15) is 0 Å². The zero-order valence-corrected chi connectivity index (χ0v) is 20.3. The van der Waals surface area contributed by atoms with Crippen LogP contribution in [0, 0.1) is 12.7 Å². The van der Waals surface area contributed by atoms with Crippen LogP contribution in [-0.2, 0) is 26.6 Å². The lowest BCUT2D eigenvalue weighted by atomic mass is 10.1. The van der Waals surface area contributed by atoms with Gasteiger partial charge in [0, 0.05) is 13.6 Å². The molecule has 0 aliphatic carbocycles. The molecule has 0 amide bonds. The van der Waals surface area contributed by atoms with E-state index in [1.54, 1.807) is 13.2 Å². The first-order valence-electron chi connectivity index (χ1n) is 9.79. The Hall–Kier alpha value is -2.69. The van der Waals surface area contributed by atoms with Crippen LogP contribution < -0.4 is 15.4 Å². The summed E-state index contributed by atoms with van der Waals surface area (Å²) in [6.45, 7) is 3.45. The molecule has 0 unspecified atom stereocenters. The van der Waals surface area contributed by atoms with E-state index in [2.05, 4.69) is 25.8 Å². The summed E-state index contributed by atoms with van der Waals surface area (Å²) < 4.78 is 20.6. The lowest BCUT2D eigenvalue weighted by Crippen LogP contribution is -2.38. The summed E-state index contributed by atoms with van der Waals surface area (Å²) in [7, 11) is 3.58. The molecule has 0 bridgehead atoms. The molecule has 1 heterocycles. The number of ether oxygens (including phenoxy) is 1. The Morgan fingerprint density at radius 1 is 1.10 bits per heavy atom. The van der Waals surface area contributed by atoms with Gasteiger partial charge in [-0.3, -0.25) is 0 Å². The van der Waals surface area contributed by atoms with Gasteiger partial charge in [-0.1, -0.05) is 24.3 Å². The Balaban J connectivity index is 0.00000341. The van der Waals surface area contributed by atoms with Crippen molar-refractivity contribution in [3.05, 3.63) is 77.1 Å². The van der Waals surface area contributed by atoms with Crippen molar-refractivity contribution in [3.8, 4) is 5.75 Å². The number of aliphatic imine (C=N–C) groups is 1. The van der Waals surface area contributed by atoms with E-state index in [9.17, 15) is 4.39 Å². The maximum atomic E-state index is 13.4. The zero-order chi connectivity index (χ0) is 21.3. The number of nitrogens with one attached hydrogen (secondary N) is 2. The van der Waals surface area contributed by atoms with Crippen molar-refractivity contribution >= 4 is 29.9 Å². The molecule has 3 aromatic rings. The second-order valence-electron chi connectivity index (χ2n) is 6.90. The average Bonchev–Trinajstić information content (AvgIpc) is 3.08. The summed E-state index contributed by atoms with van der Waals surface area (Å²) in [6.07, 6.45) is 0.827. The summed E-state index contributed by atoms with van der Waals surface area (Å²) in [6, 6.07) is 14.4. The highest BCUT2D eigenvalue weighted by molar-refractivity contribution is 14.0. The number of aryl methyl sites for hydroxylation is 1.